The van der Waals surface area contributed by atoms with Crippen molar-refractivity contribution in [3.63, 3.8) is 0 Å². The second kappa shape index (κ2) is 11.8. The van der Waals surface area contributed by atoms with Crippen LogP contribution in [-0.4, -0.2) is 34.6 Å². The molecule has 5 rings (SSSR count). The molecule has 0 aliphatic carbocycles. The Morgan fingerprint density at radius 1 is 0.925 bits per heavy atom. The molecule has 202 valence electrons. The lowest BCUT2D eigenvalue weighted by Gasteiger charge is -2.37. The van der Waals surface area contributed by atoms with Crippen molar-refractivity contribution in [2.75, 3.05) is 11.4 Å². The first kappa shape index (κ1) is 26.6. The molecule has 40 heavy (non-hydrogen) atoms. The average Bonchev–Trinajstić information content (AvgIpc) is 2.97. The number of aryl methyl sites for hydroxylation is 1. The molecule has 1 aliphatic rings. The van der Waals surface area contributed by atoms with Crippen LogP contribution in [0.3, 0.4) is 0 Å². The van der Waals surface area contributed by atoms with E-state index in [9.17, 15) is 24.8 Å². The highest BCUT2D eigenvalue weighted by Gasteiger charge is 2.32. The molecule has 4 aromatic rings. The van der Waals surface area contributed by atoms with E-state index in [0.717, 1.165) is 40.8 Å². The number of nitrogens with zero attached hydrogens (tertiary/aromatic N) is 2. The number of fused-ring (bicyclic) bond motifs is 1. The zero-order valence-electron chi connectivity index (χ0n) is 21.8. The molecular weight excluding hydrogens is 506 g/mol. The van der Waals surface area contributed by atoms with Crippen LogP contribution < -0.4 is 10.2 Å². The number of hydrogen-bond acceptors (Lipinski definition) is 4. The van der Waals surface area contributed by atoms with E-state index in [1.54, 1.807) is 29.2 Å². The molecule has 1 atom stereocenters. The van der Waals surface area contributed by atoms with Gasteiger partial charge in [-0.2, -0.15) is 0 Å². The van der Waals surface area contributed by atoms with Crippen LogP contribution in [0.15, 0.2) is 97.1 Å². The maximum absolute atomic E-state index is 13.7. The largest absolute Gasteiger partial charge is 0.478 e. The Labute approximate surface area is 232 Å². The minimum absolute atomic E-state index is 0.0300. The van der Waals surface area contributed by atoms with Gasteiger partial charge >= 0.3 is 12.0 Å². The van der Waals surface area contributed by atoms with Crippen molar-refractivity contribution in [1.29, 1.82) is 0 Å². The number of carbonyl (C=O) groups excluding carboxylic acids is 1. The molecule has 0 spiro atoms. The third-order valence-electron chi connectivity index (χ3n) is 7.32. The van der Waals surface area contributed by atoms with Gasteiger partial charge in [0.25, 0.3) is 5.69 Å². The van der Waals surface area contributed by atoms with Crippen molar-refractivity contribution in [3.05, 3.63) is 129 Å². The molecule has 1 heterocycles. The lowest BCUT2D eigenvalue weighted by atomic mass is 9.87. The minimum atomic E-state index is -0.990. The van der Waals surface area contributed by atoms with Crippen molar-refractivity contribution in [1.82, 2.24) is 5.32 Å². The van der Waals surface area contributed by atoms with Crippen molar-refractivity contribution in [2.45, 2.75) is 31.7 Å². The molecule has 0 saturated heterocycles. The molecular formula is C32H29N3O5. The Balaban J connectivity index is 1.40. The predicted molar refractivity (Wildman–Crippen MR) is 154 cm³/mol. The van der Waals surface area contributed by atoms with Gasteiger partial charge < -0.3 is 10.4 Å². The number of amides is 2. The number of rotatable bonds is 8. The summed E-state index contributed by atoms with van der Waals surface area (Å²) >= 11 is 0. The first-order chi connectivity index (χ1) is 19.4. The van der Waals surface area contributed by atoms with Crippen molar-refractivity contribution < 1.29 is 19.6 Å². The van der Waals surface area contributed by atoms with E-state index in [1.807, 2.05) is 60.7 Å². The number of hydrogen-bond donors (Lipinski definition) is 2. The van der Waals surface area contributed by atoms with Crippen molar-refractivity contribution >= 4 is 23.4 Å². The van der Waals surface area contributed by atoms with E-state index in [0.29, 0.717) is 24.9 Å². The lowest BCUT2D eigenvalue weighted by Crippen LogP contribution is -2.50. The fourth-order valence-electron chi connectivity index (χ4n) is 5.41. The summed E-state index contributed by atoms with van der Waals surface area (Å²) in [5.74, 6) is -0.990. The fraction of sp³-hybridized carbons (Fsp3) is 0.188. The number of para-hydroxylation sites is 1. The van der Waals surface area contributed by atoms with Crippen LogP contribution in [0.4, 0.5) is 16.2 Å². The molecule has 8 heteroatoms. The molecule has 8 nitrogen and oxygen atoms in total. The maximum atomic E-state index is 13.7. The number of urea groups is 1. The summed E-state index contributed by atoms with van der Waals surface area (Å²) in [6, 6.07) is 28.6. The number of anilines is 1. The number of aromatic carboxylic acids is 1. The van der Waals surface area contributed by atoms with Crippen LogP contribution in [0.25, 0.3) is 11.1 Å². The highest BCUT2D eigenvalue weighted by Crippen LogP contribution is 2.35. The van der Waals surface area contributed by atoms with E-state index in [4.69, 9.17) is 0 Å². The van der Waals surface area contributed by atoms with Crippen LogP contribution in [0.2, 0.25) is 0 Å². The average molecular weight is 536 g/mol. The smallest absolute Gasteiger partial charge is 0.336 e. The summed E-state index contributed by atoms with van der Waals surface area (Å²) in [5, 5.41) is 23.9. The molecule has 4 aromatic carbocycles. The molecule has 1 aliphatic heterocycles. The number of carbonyl (C=O) groups is 2. The van der Waals surface area contributed by atoms with Crippen molar-refractivity contribution in [2.24, 2.45) is 0 Å². The number of carboxylic acid groups (broad SMARTS) is 1. The van der Waals surface area contributed by atoms with Gasteiger partial charge in [0.1, 0.15) is 0 Å². The molecule has 2 N–H and O–H groups in total. The van der Waals surface area contributed by atoms with E-state index in [-0.39, 0.29) is 23.3 Å². The molecule has 0 saturated carbocycles. The van der Waals surface area contributed by atoms with Crippen LogP contribution in [0, 0.1) is 10.1 Å². The SMILES string of the molecule is O=C(O)c1cccc(CC2CCc3ccccc3N2C(=O)NCCc2ccc([N+](=O)[O-])cc2)c1-c1ccccc1. The van der Waals surface area contributed by atoms with Gasteiger partial charge in [-0.25, -0.2) is 9.59 Å². The van der Waals surface area contributed by atoms with E-state index in [2.05, 4.69) is 5.32 Å². The molecule has 0 radical (unpaired) electrons. The standard InChI is InChI=1S/C32H29N3O5/c36-31(37)28-11-6-10-25(30(28)24-8-2-1-3-9-24)21-27-18-15-23-7-4-5-12-29(23)34(27)32(38)33-20-19-22-13-16-26(17-14-22)35(39)40/h1-14,16-17,27H,15,18-21H2,(H,33,38)(H,36,37). The minimum Gasteiger partial charge on any atom is -0.478 e. The van der Waals surface area contributed by atoms with Crippen molar-refractivity contribution in [3.8, 4) is 11.1 Å². The predicted octanol–water partition coefficient (Wildman–Crippen LogP) is 6.28. The van der Waals surface area contributed by atoms with Gasteiger partial charge in [0.2, 0.25) is 0 Å². The summed E-state index contributed by atoms with van der Waals surface area (Å²) in [4.78, 5) is 38.1. The van der Waals surface area contributed by atoms with Crippen LogP contribution >= 0.6 is 0 Å². The number of nitro groups is 1. The first-order valence-corrected chi connectivity index (χ1v) is 13.2. The Morgan fingerprint density at radius 3 is 2.38 bits per heavy atom. The van der Waals surface area contributed by atoms with Gasteiger partial charge in [-0.05, 0) is 65.6 Å². The molecule has 2 amide bonds. The fourth-order valence-corrected chi connectivity index (χ4v) is 5.41. The lowest BCUT2D eigenvalue weighted by molar-refractivity contribution is -0.384. The zero-order valence-corrected chi connectivity index (χ0v) is 21.8. The summed E-state index contributed by atoms with van der Waals surface area (Å²) in [7, 11) is 0. The zero-order chi connectivity index (χ0) is 28.1. The molecule has 0 bridgehead atoms. The summed E-state index contributed by atoms with van der Waals surface area (Å²) in [5.41, 5.74) is 5.47. The molecule has 0 fully saturated rings. The Kier molecular flexibility index (Phi) is 7.87. The van der Waals surface area contributed by atoms with Crippen LogP contribution in [-0.2, 0) is 19.3 Å². The Hall–Kier alpha value is -4.98. The monoisotopic (exact) mass is 535 g/mol. The number of benzene rings is 4. The van der Waals surface area contributed by atoms with Gasteiger partial charge in [0, 0.05) is 30.4 Å². The highest BCUT2D eigenvalue weighted by molar-refractivity contribution is 5.97. The molecule has 0 aromatic heterocycles. The van der Waals surface area contributed by atoms with Gasteiger partial charge in [-0.15, -0.1) is 0 Å². The van der Waals surface area contributed by atoms with Gasteiger partial charge in [0.15, 0.2) is 0 Å². The molecule has 1 unspecified atom stereocenters. The number of nitro benzene ring substituents is 1. The Morgan fingerprint density at radius 2 is 1.65 bits per heavy atom. The van der Waals surface area contributed by atoms with Gasteiger partial charge in [-0.3, -0.25) is 15.0 Å². The number of non-ortho nitro benzene ring substituents is 1. The third kappa shape index (κ3) is 5.71. The summed E-state index contributed by atoms with van der Waals surface area (Å²) in [6.07, 6.45) is 2.57. The van der Waals surface area contributed by atoms with E-state index in [1.165, 1.54) is 12.1 Å². The van der Waals surface area contributed by atoms with Crippen LogP contribution in [0.5, 0.6) is 0 Å². The van der Waals surface area contributed by atoms with E-state index >= 15 is 0 Å². The number of carboxylic acids is 1. The number of nitrogens with one attached hydrogen (secondary N) is 1. The van der Waals surface area contributed by atoms with Gasteiger partial charge in [-0.1, -0.05) is 72.8 Å². The maximum Gasteiger partial charge on any atom is 0.336 e. The Bertz CT molecular complexity index is 1540. The first-order valence-electron chi connectivity index (χ1n) is 13.2. The quantitative estimate of drug-likeness (QED) is 0.204. The second-order valence-electron chi connectivity index (χ2n) is 9.81. The van der Waals surface area contributed by atoms with E-state index < -0.39 is 10.9 Å². The second-order valence-corrected chi connectivity index (χ2v) is 9.81. The van der Waals surface area contributed by atoms with Gasteiger partial charge in [0.05, 0.1) is 10.5 Å². The highest BCUT2D eigenvalue weighted by atomic mass is 16.6. The normalized spacial score (nSPS) is 14.3. The van der Waals surface area contributed by atoms with Crippen LogP contribution in [0.1, 0.15) is 33.5 Å². The summed E-state index contributed by atoms with van der Waals surface area (Å²) < 4.78 is 0. The summed E-state index contributed by atoms with van der Waals surface area (Å²) in [6.45, 7) is 0.367. The third-order valence-corrected chi connectivity index (χ3v) is 7.32. The topological polar surface area (TPSA) is 113 Å².